The third kappa shape index (κ3) is 23.2. The van der Waals surface area contributed by atoms with E-state index in [9.17, 15) is 0 Å². The fourth-order valence-electron chi connectivity index (χ4n) is 9.51. The molecule has 0 atom stereocenters. The second-order valence-electron chi connectivity index (χ2n) is 29.6. The van der Waals surface area contributed by atoms with E-state index in [1.54, 1.807) is 0 Å². The minimum atomic E-state index is 0.0260. The van der Waals surface area contributed by atoms with Gasteiger partial charge in [-0.1, -0.05) is 220 Å². The van der Waals surface area contributed by atoms with Crippen molar-refractivity contribution in [3.63, 3.8) is 0 Å². The molecule has 10 heteroatoms. The maximum Gasteiger partial charge on any atom is 0.0926 e. The standard InChI is InChI=1S/3C15H22N2.2C13H18N2.5C2H6/c2*1-14(2,3)12-8-7-11-10-17(15(4,5)6)16-13(11)9-12;1-14(2,3)12-8-7-11-10-16-17(13(11)9-12)15(4,5)6;1-9(2)11-5-6-12-8-14-15(10(3)4)13(12)7-11;1-9(2)11-6-5-7-13-12(11)8-14-15(13)10(3)4;5*1-2/h3*7-10H,1-6H3;2*5-10H,1-4H3;5*1-2H3. The molecule has 0 bridgehead atoms. The van der Waals surface area contributed by atoms with Crippen molar-refractivity contribution in [2.45, 2.75) is 306 Å². The average Bonchev–Trinajstić information content (AvgIpc) is 1.76. The monoisotopic (exact) mass is 1250 g/mol. The van der Waals surface area contributed by atoms with Crippen molar-refractivity contribution < 1.29 is 0 Å². The minimum absolute atomic E-state index is 0.0260. The summed E-state index contributed by atoms with van der Waals surface area (Å²) in [5.74, 6) is 1.13. The molecule has 0 aliphatic carbocycles. The SMILES string of the molecule is CC.CC.CC.CC.CC.CC(C)(C)c1ccc2cn(C(C)(C)C)nc2c1.CC(C)(C)c1ccc2cn(C(C)(C)C)nc2c1.CC(C)(C)c1ccc2cnn(C(C)(C)C)c2c1.CC(C)c1ccc2cnn(C(C)C)c2c1.CC(C)c1cccc2c1cnn2C(C)C. The maximum absolute atomic E-state index is 4.67. The lowest BCUT2D eigenvalue weighted by Gasteiger charge is -2.23. The molecule has 5 aromatic carbocycles. The van der Waals surface area contributed by atoms with Crippen LogP contribution in [0.15, 0.2) is 122 Å². The molecule has 5 heterocycles. The predicted molar refractivity (Wildman–Crippen MR) is 405 cm³/mol. The van der Waals surface area contributed by atoms with Crippen LogP contribution in [0.5, 0.6) is 0 Å². The Bertz CT molecular complexity index is 3530. The van der Waals surface area contributed by atoms with E-state index in [1.807, 2.05) is 97.2 Å². The summed E-state index contributed by atoms with van der Waals surface area (Å²) in [6, 6.07) is 33.7. The third-order valence-corrected chi connectivity index (χ3v) is 14.8. The molecule has 0 amide bonds. The first kappa shape index (κ1) is 82.5. The Labute approximate surface area is 556 Å². The van der Waals surface area contributed by atoms with Crippen molar-refractivity contribution in [1.82, 2.24) is 48.9 Å². The fourth-order valence-corrected chi connectivity index (χ4v) is 9.51. The van der Waals surface area contributed by atoms with Crippen LogP contribution in [0, 0.1) is 0 Å². The highest BCUT2D eigenvalue weighted by molar-refractivity contribution is 5.84. The zero-order valence-corrected chi connectivity index (χ0v) is 64.8. The van der Waals surface area contributed by atoms with Gasteiger partial charge in [0.15, 0.2) is 0 Å². The number of aromatic nitrogens is 10. The average molecular weight is 1250 g/mol. The molecule has 0 saturated carbocycles. The maximum atomic E-state index is 4.67. The lowest BCUT2D eigenvalue weighted by Crippen LogP contribution is -2.23. The Morgan fingerprint density at radius 2 is 0.714 bits per heavy atom. The van der Waals surface area contributed by atoms with Crippen molar-refractivity contribution in [2.75, 3.05) is 0 Å². The van der Waals surface area contributed by atoms with Crippen LogP contribution in [0.2, 0.25) is 0 Å². The molecular formula is C81H132N10. The van der Waals surface area contributed by atoms with Crippen LogP contribution < -0.4 is 0 Å². The quantitative estimate of drug-likeness (QED) is 0.175. The van der Waals surface area contributed by atoms with Crippen LogP contribution in [0.4, 0.5) is 0 Å². The zero-order chi connectivity index (χ0) is 70.5. The van der Waals surface area contributed by atoms with E-state index in [1.165, 1.54) is 71.3 Å². The first-order valence-electron chi connectivity index (χ1n) is 34.7. The normalized spacial score (nSPS) is 11.7. The summed E-state index contributed by atoms with van der Waals surface area (Å²) < 4.78 is 10.4. The first-order chi connectivity index (χ1) is 42.2. The van der Waals surface area contributed by atoms with E-state index in [2.05, 4.69) is 323 Å². The van der Waals surface area contributed by atoms with Gasteiger partial charge in [-0.05, 0) is 176 Å². The highest BCUT2D eigenvalue weighted by atomic mass is 15.3. The molecule has 0 radical (unpaired) electrons. The summed E-state index contributed by atoms with van der Waals surface area (Å²) in [6.07, 6.45) is 10.1. The molecule has 10 aromatic rings. The highest BCUT2D eigenvalue weighted by Crippen LogP contribution is 2.32. The second kappa shape index (κ2) is 35.5. The van der Waals surface area contributed by atoms with Gasteiger partial charge in [-0.15, -0.1) is 0 Å². The third-order valence-electron chi connectivity index (χ3n) is 14.8. The molecule has 0 fully saturated rings. The van der Waals surface area contributed by atoms with E-state index in [-0.39, 0.29) is 32.9 Å². The molecular weight excluding hydrogens is 1110 g/mol. The van der Waals surface area contributed by atoms with Gasteiger partial charge in [0.05, 0.1) is 62.8 Å². The summed E-state index contributed by atoms with van der Waals surface area (Å²) in [5.41, 5.74) is 13.4. The lowest BCUT2D eigenvalue weighted by atomic mass is 9.86. The minimum Gasteiger partial charge on any atom is -0.266 e. The molecule has 91 heavy (non-hydrogen) atoms. The Hall–Kier alpha value is -6.55. The van der Waals surface area contributed by atoms with Crippen molar-refractivity contribution in [3.05, 3.63) is 150 Å². The zero-order valence-electron chi connectivity index (χ0n) is 64.8. The van der Waals surface area contributed by atoms with E-state index >= 15 is 0 Å². The largest absolute Gasteiger partial charge is 0.266 e. The molecule has 0 saturated heterocycles. The van der Waals surface area contributed by atoms with Crippen LogP contribution in [-0.2, 0) is 32.9 Å². The van der Waals surface area contributed by atoms with Gasteiger partial charge >= 0.3 is 0 Å². The smallest absolute Gasteiger partial charge is 0.0926 e. The summed E-state index contributed by atoms with van der Waals surface area (Å²) >= 11 is 0. The molecule has 0 aliphatic heterocycles. The molecule has 0 unspecified atom stereocenters. The molecule has 5 aromatic heterocycles. The van der Waals surface area contributed by atoms with Crippen molar-refractivity contribution in [2.24, 2.45) is 0 Å². The van der Waals surface area contributed by atoms with Crippen LogP contribution in [0.25, 0.3) is 54.5 Å². The molecule has 0 aliphatic rings. The fraction of sp³-hybridized carbons (Fsp3) is 0.568. The Kier molecular flexibility index (Phi) is 32.2. The predicted octanol–water partition coefficient (Wildman–Crippen LogP) is 24.9. The lowest BCUT2D eigenvalue weighted by molar-refractivity contribution is 0.358. The van der Waals surface area contributed by atoms with Crippen LogP contribution in [-0.4, -0.2) is 48.9 Å². The molecule has 506 valence electrons. The van der Waals surface area contributed by atoms with E-state index < -0.39 is 0 Å². The van der Waals surface area contributed by atoms with E-state index in [4.69, 9.17) is 0 Å². The Morgan fingerprint density at radius 1 is 0.341 bits per heavy atom. The van der Waals surface area contributed by atoms with Gasteiger partial charge in [0, 0.05) is 51.4 Å². The van der Waals surface area contributed by atoms with Gasteiger partial charge < -0.3 is 0 Å². The van der Waals surface area contributed by atoms with Crippen LogP contribution in [0.3, 0.4) is 0 Å². The number of hydrogen-bond donors (Lipinski definition) is 0. The van der Waals surface area contributed by atoms with Crippen LogP contribution in [0.1, 0.15) is 301 Å². The number of nitrogens with zero attached hydrogens (tertiary/aromatic N) is 10. The molecule has 0 spiro atoms. The molecule has 10 rings (SSSR count). The van der Waals surface area contributed by atoms with Crippen molar-refractivity contribution in [1.29, 1.82) is 0 Å². The van der Waals surface area contributed by atoms with Crippen molar-refractivity contribution >= 4 is 54.5 Å². The van der Waals surface area contributed by atoms with Crippen molar-refractivity contribution in [3.8, 4) is 0 Å². The second-order valence-corrected chi connectivity index (χ2v) is 29.6. The van der Waals surface area contributed by atoms with E-state index in [0.717, 1.165) is 11.0 Å². The number of rotatable bonds is 4. The molecule has 0 N–H and O–H groups in total. The van der Waals surface area contributed by atoms with Gasteiger partial charge in [0.1, 0.15) is 0 Å². The highest BCUT2D eigenvalue weighted by Gasteiger charge is 2.22. The summed E-state index contributed by atoms with van der Waals surface area (Å²) in [6.45, 7) is 77.2. The van der Waals surface area contributed by atoms with Gasteiger partial charge in [-0.25, -0.2) is 0 Å². The summed E-state index contributed by atoms with van der Waals surface area (Å²) in [7, 11) is 0. The van der Waals surface area contributed by atoms with Gasteiger partial charge in [-0.3, -0.25) is 23.4 Å². The number of benzene rings is 5. The number of hydrogen-bond acceptors (Lipinski definition) is 5. The van der Waals surface area contributed by atoms with Gasteiger partial charge in [0.25, 0.3) is 0 Å². The Balaban J connectivity index is 0.000000549. The number of fused-ring (bicyclic) bond motifs is 5. The summed E-state index contributed by atoms with van der Waals surface area (Å²) in [5, 5.41) is 28.9. The molecule has 10 nitrogen and oxygen atoms in total. The van der Waals surface area contributed by atoms with Crippen LogP contribution >= 0.6 is 0 Å². The topological polar surface area (TPSA) is 89.1 Å². The first-order valence-corrected chi connectivity index (χ1v) is 34.7. The van der Waals surface area contributed by atoms with Gasteiger partial charge in [-0.2, -0.15) is 25.5 Å². The Morgan fingerprint density at radius 3 is 1.10 bits per heavy atom. The van der Waals surface area contributed by atoms with E-state index in [0.29, 0.717) is 23.9 Å². The van der Waals surface area contributed by atoms with Gasteiger partial charge in [0.2, 0.25) is 0 Å². The summed E-state index contributed by atoms with van der Waals surface area (Å²) in [4.78, 5) is 0.